The van der Waals surface area contributed by atoms with E-state index in [4.69, 9.17) is 10.5 Å². The average Bonchev–Trinajstić information content (AvgIpc) is 2.94. The van der Waals surface area contributed by atoms with Gasteiger partial charge in [0.1, 0.15) is 12.9 Å². The molecule has 1 aromatic heterocycles. The first-order valence-electron chi connectivity index (χ1n) is 6.70. The highest BCUT2D eigenvalue weighted by atomic mass is 127. The van der Waals surface area contributed by atoms with Gasteiger partial charge in [0, 0.05) is 18.8 Å². The fourth-order valence-electron chi connectivity index (χ4n) is 1.92. The third-order valence-electron chi connectivity index (χ3n) is 2.85. The SMILES string of the molecule is COCC(C)NC(N)=NCc1nncn1-c1ccccc1.I. The van der Waals surface area contributed by atoms with Crippen LogP contribution in [0.4, 0.5) is 0 Å². The molecule has 1 atom stereocenters. The number of rotatable bonds is 6. The van der Waals surface area contributed by atoms with Gasteiger partial charge in [0.2, 0.25) is 0 Å². The smallest absolute Gasteiger partial charge is 0.189 e. The summed E-state index contributed by atoms with van der Waals surface area (Å²) in [5.41, 5.74) is 6.83. The summed E-state index contributed by atoms with van der Waals surface area (Å²) >= 11 is 0. The lowest BCUT2D eigenvalue weighted by Gasteiger charge is -2.13. The van der Waals surface area contributed by atoms with Crippen LogP contribution in [0.3, 0.4) is 0 Å². The van der Waals surface area contributed by atoms with E-state index in [-0.39, 0.29) is 30.0 Å². The van der Waals surface area contributed by atoms with E-state index in [0.717, 1.165) is 11.5 Å². The highest BCUT2D eigenvalue weighted by Crippen LogP contribution is 2.09. The second-order valence-electron chi connectivity index (χ2n) is 4.65. The highest BCUT2D eigenvalue weighted by molar-refractivity contribution is 14.0. The molecule has 0 bridgehead atoms. The Hall–Kier alpha value is -1.68. The molecule has 0 aliphatic heterocycles. The molecular weight excluding hydrogens is 395 g/mol. The van der Waals surface area contributed by atoms with Crippen molar-refractivity contribution in [3.8, 4) is 5.69 Å². The molecule has 2 rings (SSSR count). The van der Waals surface area contributed by atoms with Gasteiger partial charge in [-0.05, 0) is 19.1 Å². The van der Waals surface area contributed by atoms with E-state index in [2.05, 4.69) is 20.5 Å². The standard InChI is InChI=1S/C14H20N6O.HI/c1-11(9-21-2)18-14(15)16-8-13-19-17-10-20(13)12-6-4-3-5-7-12;/h3-7,10-11H,8-9H2,1-2H3,(H3,15,16,18);1H. The molecule has 0 aliphatic carbocycles. The third-order valence-corrected chi connectivity index (χ3v) is 2.85. The second kappa shape index (κ2) is 9.36. The van der Waals surface area contributed by atoms with Gasteiger partial charge in [-0.3, -0.25) is 4.57 Å². The minimum absolute atomic E-state index is 0. The number of benzene rings is 1. The lowest BCUT2D eigenvalue weighted by Crippen LogP contribution is -2.40. The van der Waals surface area contributed by atoms with Crippen molar-refractivity contribution < 1.29 is 4.74 Å². The third kappa shape index (κ3) is 5.26. The first kappa shape index (κ1) is 18.4. The number of methoxy groups -OCH3 is 1. The van der Waals surface area contributed by atoms with Crippen LogP contribution in [-0.2, 0) is 11.3 Å². The van der Waals surface area contributed by atoms with Crippen LogP contribution in [0.2, 0.25) is 0 Å². The summed E-state index contributed by atoms with van der Waals surface area (Å²) in [5, 5.41) is 11.1. The summed E-state index contributed by atoms with van der Waals surface area (Å²) in [5.74, 6) is 1.09. The van der Waals surface area contributed by atoms with E-state index in [0.29, 0.717) is 19.1 Å². The molecule has 0 spiro atoms. The van der Waals surface area contributed by atoms with Crippen molar-refractivity contribution in [3.63, 3.8) is 0 Å². The molecule has 0 amide bonds. The molecule has 1 heterocycles. The van der Waals surface area contributed by atoms with Crippen molar-refractivity contribution in [3.05, 3.63) is 42.5 Å². The minimum Gasteiger partial charge on any atom is -0.383 e. The number of hydrogen-bond acceptors (Lipinski definition) is 4. The Morgan fingerprint density at radius 3 is 2.82 bits per heavy atom. The summed E-state index contributed by atoms with van der Waals surface area (Å²) < 4.78 is 6.92. The van der Waals surface area contributed by atoms with Crippen LogP contribution in [0.5, 0.6) is 0 Å². The Morgan fingerprint density at radius 1 is 1.41 bits per heavy atom. The minimum atomic E-state index is 0. The van der Waals surface area contributed by atoms with E-state index in [1.807, 2.05) is 41.8 Å². The second-order valence-corrected chi connectivity index (χ2v) is 4.65. The van der Waals surface area contributed by atoms with Gasteiger partial charge in [-0.1, -0.05) is 18.2 Å². The number of aliphatic imine (C=N–C) groups is 1. The molecule has 0 aliphatic rings. The largest absolute Gasteiger partial charge is 0.383 e. The number of para-hydroxylation sites is 1. The normalized spacial score (nSPS) is 12.5. The van der Waals surface area contributed by atoms with Crippen LogP contribution < -0.4 is 11.1 Å². The Kier molecular flexibility index (Phi) is 7.82. The predicted octanol–water partition coefficient (Wildman–Crippen LogP) is 1.32. The molecule has 0 saturated heterocycles. The first-order valence-corrected chi connectivity index (χ1v) is 6.70. The summed E-state index contributed by atoms with van der Waals surface area (Å²) in [4.78, 5) is 4.28. The molecule has 0 radical (unpaired) electrons. The quantitative estimate of drug-likeness (QED) is 0.421. The van der Waals surface area contributed by atoms with Crippen molar-refractivity contribution >= 4 is 29.9 Å². The van der Waals surface area contributed by atoms with Gasteiger partial charge in [-0.2, -0.15) is 0 Å². The number of nitrogens with one attached hydrogen (secondary N) is 1. The molecule has 2 aromatic rings. The van der Waals surface area contributed by atoms with Crippen LogP contribution in [0.25, 0.3) is 5.69 Å². The summed E-state index contributed by atoms with van der Waals surface area (Å²) in [6.07, 6.45) is 1.66. The molecule has 8 heteroatoms. The summed E-state index contributed by atoms with van der Waals surface area (Å²) in [7, 11) is 1.65. The topological polar surface area (TPSA) is 90.3 Å². The lowest BCUT2D eigenvalue weighted by atomic mass is 10.3. The van der Waals surface area contributed by atoms with Crippen LogP contribution in [0.15, 0.2) is 41.7 Å². The van der Waals surface area contributed by atoms with E-state index >= 15 is 0 Å². The zero-order chi connectivity index (χ0) is 15.1. The first-order chi connectivity index (χ1) is 10.2. The number of halogens is 1. The maximum absolute atomic E-state index is 5.84. The van der Waals surface area contributed by atoms with Crippen LogP contribution in [-0.4, -0.2) is 40.5 Å². The molecule has 120 valence electrons. The number of nitrogens with two attached hydrogens (primary N) is 1. The van der Waals surface area contributed by atoms with E-state index in [1.54, 1.807) is 13.4 Å². The fourth-order valence-corrected chi connectivity index (χ4v) is 1.92. The van der Waals surface area contributed by atoms with Gasteiger partial charge in [0.25, 0.3) is 0 Å². The van der Waals surface area contributed by atoms with Crippen molar-refractivity contribution in [2.24, 2.45) is 10.7 Å². The summed E-state index contributed by atoms with van der Waals surface area (Å²) in [6.45, 7) is 2.89. The molecule has 0 saturated carbocycles. The zero-order valence-corrected chi connectivity index (χ0v) is 15.0. The molecule has 1 aromatic carbocycles. The van der Waals surface area contributed by atoms with Crippen molar-refractivity contribution in [1.29, 1.82) is 0 Å². The average molecular weight is 416 g/mol. The number of guanidine groups is 1. The van der Waals surface area contributed by atoms with Gasteiger partial charge in [0.05, 0.1) is 6.61 Å². The zero-order valence-electron chi connectivity index (χ0n) is 12.6. The summed E-state index contributed by atoms with van der Waals surface area (Å²) in [6, 6.07) is 9.96. The van der Waals surface area contributed by atoms with Crippen molar-refractivity contribution in [2.75, 3.05) is 13.7 Å². The van der Waals surface area contributed by atoms with Crippen molar-refractivity contribution in [2.45, 2.75) is 19.5 Å². The van der Waals surface area contributed by atoms with E-state index in [9.17, 15) is 0 Å². The Bertz CT molecular complexity index is 586. The Balaban J connectivity index is 0.00000242. The van der Waals surface area contributed by atoms with Crippen LogP contribution >= 0.6 is 24.0 Å². The van der Waals surface area contributed by atoms with Crippen molar-refractivity contribution in [1.82, 2.24) is 20.1 Å². The monoisotopic (exact) mass is 416 g/mol. The van der Waals surface area contributed by atoms with Gasteiger partial charge in [-0.15, -0.1) is 34.2 Å². The molecule has 1 unspecified atom stereocenters. The lowest BCUT2D eigenvalue weighted by molar-refractivity contribution is 0.179. The van der Waals surface area contributed by atoms with Gasteiger partial charge < -0.3 is 15.8 Å². The Morgan fingerprint density at radius 2 is 2.14 bits per heavy atom. The number of ether oxygens (including phenoxy) is 1. The van der Waals surface area contributed by atoms with E-state index in [1.165, 1.54) is 0 Å². The van der Waals surface area contributed by atoms with Gasteiger partial charge in [-0.25, -0.2) is 4.99 Å². The molecular formula is C14H21IN6O. The Labute approximate surface area is 147 Å². The van der Waals surface area contributed by atoms with Crippen LogP contribution in [0.1, 0.15) is 12.7 Å². The van der Waals surface area contributed by atoms with Crippen LogP contribution in [0, 0.1) is 0 Å². The maximum Gasteiger partial charge on any atom is 0.189 e. The maximum atomic E-state index is 5.84. The molecule has 0 fully saturated rings. The number of nitrogens with zero attached hydrogens (tertiary/aromatic N) is 4. The predicted molar refractivity (Wildman–Crippen MR) is 96.6 cm³/mol. The van der Waals surface area contributed by atoms with Gasteiger partial charge >= 0.3 is 0 Å². The van der Waals surface area contributed by atoms with E-state index < -0.39 is 0 Å². The van der Waals surface area contributed by atoms with Gasteiger partial charge in [0.15, 0.2) is 11.8 Å². The fraction of sp³-hybridized carbons (Fsp3) is 0.357. The number of aromatic nitrogens is 3. The molecule has 22 heavy (non-hydrogen) atoms. The highest BCUT2D eigenvalue weighted by Gasteiger charge is 2.06. The molecule has 7 nitrogen and oxygen atoms in total. The number of hydrogen-bond donors (Lipinski definition) is 2. The molecule has 3 N–H and O–H groups in total.